The highest BCUT2D eigenvalue weighted by molar-refractivity contribution is 14.0. The number of nitrogens with zero attached hydrogens (tertiary/aromatic N) is 1. The third kappa shape index (κ3) is 10.0. The minimum Gasteiger partial charge on any atom is -0.355 e. The van der Waals surface area contributed by atoms with Crippen molar-refractivity contribution in [2.75, 3.05) is 19.8 Å². The third-order valence-electron chi connectivity index (χ3n) is 4.27. The standard InChI is InChI=1S/C16H34N4O2S.HI/c1-6-7-13-8-10-14(11-9-13)19-15(17-4)18-12-16(2,3)20-23(5,21)22;/h13-14,20H,6-12H2,1-5H3,(H2,17,18,19);1H. The predicted octanol–water partition coefficient (Wildman–Crippen LogP) is 2.46. The number of aliphatic imine (C=N–C) groups is 1. The third-order valence-corrected chi connectivity index (χ3v) is 5.19. The molecule has 0 aromatic rings. The first-order valence-electron chi connectivity index (χ1n) is 8.61. The second-order valence-electron chi connectivity index (χ2n) is 7.33. The molecule has 0 spiro atoms. The molecule has 1 saturated carbocycles. The van der Waals surface area contributed by atoms with E-state index in [-0.39, 0.29) is 24.0 Å². The van der Waals surface area contributed by atoms with Gasteiger partial charge in [-0.2, -0.15) is 0 Å². The van der Waals surface area contributed by atoms with Crippen LogP contribution in [0, 0.1) is 5.92 Å². The Kier molecular flexibility index (Phi) is 10.8. The van der Waals surface area contributed by atoms with Gasteiger partial charge in [-0.1, -0.05) is 19.8 Å². The van der Waals surface area contributed by atoms with Gasteiger partial charge in [0, 0.05) is 25.2 Å². The van der Waals surface area contributed by atoms with Crippen molar-refractivity contribution in [3.8, 4) is 0 Å². The van der Waals surface area contributed by atoms with Crippen molar-refractivity contribution in [2.24, 2.45) is 10.9 Å². The summed E-state index contributed by atoms with van der Waals surface area (Å²) >= 11 is 0. The fourth-order valence-electron chi connectivity index (χ4n) is 3.23. The fraction of sp³-hybridized carbons (Fsp3) is 0.938. The van der Waals surface area contributed by atoms with Crippen LogP contribution in [0.5, 0.6) is 0 Å². The van der Waals surface area contributed by atoms with Crippen LogP contribution in [0.4, 0.5) is 0 Å². The molecule has 6 nitrogen and oxygen atoms in total. The Hall–Kier alpha value is -0.0900. The van der Waals surface area contributed by atoms with Crippen LogP contribution in [0.25, 0.3) is 0 Å². The molecule has 144 valence electrons. The highest BCUT2D eigenvalue weighted by Crippen LogP contribution is 2.27. The van der Waals surface area contributed by atoms with Gasteiger partial charge in [0.1, 0.15) is 0 Å². The smallest absolute Gasteiger partial charge is 0.209 e. The number of hydrogen-bond donors (Lipinski definition) is 3. The molecule has 0 heterocycles. The van der Waals surface area contributed by atoms with Crippen LogP contribution in [-0.2, 0) is 10.0 Å². The van der Waals surface area contributed by atoms with E-state index in [0.717, 1.165) is 11.9 Å². The molecule has 0 saturated heterocycles. The summed E-state index contributed by atoms with van der Waals surface area (Å²) in [6.45, 7) is 6.43. The van der Waals surface area contributed by atoms with Crippen LogP contribution in [0.15, 0.2) is 4.99 Å². The van der Waals surface area contributed by atoms with E-state index in [1.54, 1.807) is 7.05 Å². The Morgan fingerprint density at radius 1 is 1.21 bits per heavy atom. The molecular weight excluding hydrogens is 439 g/mol. The average Bonchev–Trinajstić information content (AvgIpc) is 2.43. The predicted molar refractivity (Wildman–Crippen MR) is 113 cm³/mol. The van der Waals surface area contributed by atoms with Crippen molar-refractivity contribution in [1.82, 2.24) is 15.4 Å². The number of guanidine groups is 1. The molecule has 0 amide bonds. The molecule has 1 rings (SSSR count). The van der Waals surface area contributed by atoms with E-state index in [1.807, 2.05) is 13.8 Å². The van der Waals surface area contributed by atoms with Gasteiger partial charge < -0.3 is 10.6 Å². The summed E-state index contributed by atoms with van der Waals surface area (Å²) in [6, 6.07) is 0.459. The van der Waals surface area contributed by atoms with Gasteiger partial charge in [0.25, 0.3) is 0 Å². The largest absolute Gasteiger partial charge is 0.355 e. The fourth-order valence-corrected chi connectivity index (χ4v) is 4.31. The number of nitrogens with one attached hydrogen (secondary N) is 3. The van der Waals surface area contributed by atoms with Gasteiger partial charge in [-0.15, -0.1) is 24.0 Å². The second-order valence-corrected chi connectivity index (χ2v) is 9.08. The maximum atomic E-state index is 11.4. The minimum absolute atomic E-state index is 0. The van der Waals surface area contributed by atoms with Gasteiger partial charge in [0.05, 0.1) is 6.26 Å². The van der Waals surface area contributed by atoms with E-state index >= 15 is 0 Å². The molecule has 0 aliphatic heterocycles. The minimum atomic E-state index is -3.23. The van der Waals surface area contributed by atoms with E-state index in [0.29, 0.717) is 12.6 Å². The van der Waals surface area contributed by atoms with Crippen LogP contribution < -0.4 is 15.4 Å². The molecule has 0 bridgehead atoms. The molecule has 3 N–H and O–H groups in total. The molecule has 1 aliphatic rings. The van der Waals surface area contributed by atoms with E-state index in [1.165, 1.54) is 44.8 Å². The van der Waals surface area contributed by atoms with Crippen molar-refractivity contribution in [3.63, 3.8) is 0 Å². The van der Waals surface area contributed by atoms with Gasteiger partial charge in [0.15, 0.2) is 5.96 Å². The molecule has 0 radical (unpaired) electrons. The van der Waals surface area contributed by atoms with Crippen molar-refractivity contribution in [2.45, 2.75) is 70.9 Å². The molecular formula is C16H35IN4O2S. The maximum Gasteiger partial charge on any atom is 0.209 e. The van der Waals surface area contributed by atoms with Crippen LogP contribution >= 0.6 is 24.0 Å². The lowest BCUT2D eigenvalue weighted by Crippen LogP contribution is -2.54. The van der Waals surface area contributed by atoms with Crippen molar-refractivity contribution in [1.29, 1.82) is 0 Å². The zero-order chi connectivity index (χ0) is 17.5. The van der Waals surface area contributed by atoms with Crippen LogP contribution in [0.3, 0.4) is 0 Å². The topological polar surface area (TPSA) is 82.6 Å². The SMILES string of the molecule is CCCC1CCC(NC(=NC)NCC(C)(C)NS(C)(=O)=O)CC1.I. The lowest BCUT2D eigenvalue weighted by atomic mass is 9.83. The lowest BCUT2D eigenvalue weighted by molar-refractivity contribution is 0.294. The van der Waals surface area contributed by atoms with Crippen LogP contribution in [0.2, 0.25) is 0 Å². The van der Waals surface area contributed by atoms with Crippen molar-refractivity contribution < 1.29 is 8.42 Å². The second kappa shape index (κ2) is 10.8. The summed E-state index contributed by atoms with van der Waals surface area (Å²) in [5.41, 5.74) is -0.565. The quantitative estimate of drug-likeness (QED) is 0.301. The zero-order valence-electron chi connectivity index (χ0n) is 15.7. The summed E-state index contributed by atoms with van der Waals surface area (Å²) < 4.78 is 25.4. The normalized spacial score (nSPS) is 22.6. The number of sulfonamides is 1. The van der Waals surface area contributed by atoms with Gasteiger partial charge >= 0.3 is 0 Å². The van der Waals surface area contributed by atoms with Crippen LogP contribution in [-0.4, -0.2) is 45.8 Å². The highest BCUT2D eigenvalue weighted by Gasteiger charge is 2.24. The molecule has 24 heavy (non-hydrogen) atoms. The van der Waals surface area contributed by atoms with Gasteiger partial charge in [0.2, 0.25) is 10.0 Å². The number of halogens is 1. The molecule has 1 aliphatic carbocycles. The van der Waals surface area contributed by atoms with Gasteiger partial charge in [-0.3, -0.25) is 4.99 Å². The summed E-state index contributed by atoms with van der Waals surface area (Å²) in [5, 5.41) is 6.69. The number of hydrogen-bond acceptors (Lipinski definition) is 3. The summed E-state index contributed by atoms with van der Waals surface area (Å²) in [6.07, 6.45) is 8.70. The highest BCUT2D eigenvalue weighted by atomic mass is 127. The van der Waals surface area contributed by atoms with Crippen molar-refractivity contribution in [3.05, 3.63) is 0 Å². The van der Waals surface area contributed by atoms with E-state index < -0.39 is 15.6 Å². The monoisotopic (exact) mass is 474 g/mol. The molecule has 1 fully saturated rings. The van der Waals surface area contributed by atoms with Crippen LogP contribution in [0.1, 0.15) is 59.3 Å². The Bertz CT molecular complexity index is 486. The molecule has 0 unspecified atom stereocenters. The Morgan fingerprint density at radius 3 is 2.25 bits per heavy atom. The maximum absolute atomic E-state index is 11.4. The van der Waals surface area contributed by atoms with Crippen molar-refractivity contribution >= 4 is 40.0 Å². The molecule has 8 heteroatoms. The summed E-state index contributed by atoms with van der Waals surface area (Å²) in [5.74, 6) is 1.62. The Balaban J connectivity index is 0.00000529. The average molecular weight is 474 g/mol. The van der Waals surface area contributed by atoms with Gasteiger partial charge in [-0.05, 0) is 45.4 Å². The lowest BCUT2D eigenvalue weighted by Gasteiger charge is -2.31. The Labute approximate surface area is 165 Å². The first-order chi connectivity index (χ1) is 10.6. The number of rotatable bonds is 7. The van der Waals surface area contributed by atoms with E-state index in [9.17, 15) is 8.42 Å². The van der Waals surface area contributed by atoms with Gasteiger partial charge in [-0.25, -0.2) is 13.1 Å². The van der Waals surface area contributed by atoms with E-state index in [2.05, 4.69) is 27.3 Å². The molecule has 0 aromatic carbocycles. The first-order valence-corrected chi connectivity index (χ1v) is 10.5. The zero-order valence-corrected chi connectivity index (χ0v) is 18.8. The summed E-state index contributed by atoms with van der Waals surface area (Å²) in [7, 11) is -1.48. The first kappa shape index (κ1) is 23.9. The molecule has 0 atom stereocenters. The Morgan fingerprint density at radius 2 is 1.79 bits per heavy atom. The summed E-state index contributed by atoms with van der Waals surface area (Å²) in [4.78, 5) is 4.25. The molecule has 0 aromatic heterocycles. The van der Waals surface area contributed by atoms with E-state index in [4.69, 9.17) is 0 Å².